The van der Waals surface area contributed by atoms with Gasteiger partial charge in [0.2, 0.25) is 0 Å². The maximum absolute atomic E-state index is 12.8. The minimum atomic E-state index is -0.691. The molecule has 1 fully saturated rings. The molecule has 1 amide bonds. The molecule has 0 bridgehead atoms. The topological polar surface area (TPSA) is 57.6 Å². The van der Waals surface area contributed by atoms with Crippen LogP contribution in [0.25, 0.3) is 5.76 Å². The van der Waals surface area contributed by atoms with Crippen molar-refractivity contribution in [2.24, 2.45) is 0 Å². The quantitative estimate of drug-likeness (QED) is 0.423. The molecule has 1 atom stereocenters. The third kappa shape index (κ3) is 3.73. The fourth-order valence-electron chi connectivity index (χ4n) is 3.22. The molecule has 1 aliphatic rings. The van der Waals surface area contributed by atoms with Crippen molar-refractivity contribution in [2.75, 3.05) is 6.54 Å². The molecule has 6 heteroatoms. The molecule has 140 valence electrons. The van der Waals surface area contributed by atoms with Gasteiger partial charge < -0.3 is 10.0 Å². The second kappa shape index (κ2) is 8.15. The molecule has 0 aromatic heterocycles. The lowest BCUT2D eigenvalue weighted by Gasteiger charge is -2.25. The Kier molecular flexibility index (Phi) is 5.88. The van der Waals surface area contributed by atoms with Crippen LogP contribution in [-0.4, -0.2) is 28.2 Å². The van der Waals surface area contributed by atoms with Gasteiger partial charge in [-0.2, -0.15) is 0 Å². The van der Waals surface area contributed by atoms with Crippen LogP contribution in [0.2, 0.25) is 10.0 Å². The highest BCUT2D eigenvalue weighted by Crippen LogP contribution is 2.40. The molecule has 4 nitrogen and oxygen atoms in total. The highest BCUT2D eigenvalue weighted by atomic mass is 35.5. The number of rotatable bonds is 5. The number of amides is 1. The van der Waals surface area contributed by atoms with Gasteiger partial charge in [-0.15, -0.1) is 0 Å². The molecule has 3 rings (SSSR count). The van der Waals surface area contributed by atoms with Crippen LogP contribution < -0.4 is 0 Å². The third-order valence-electron chi connectivity index (χ3n) is 4.60. The molecule has 0 saturated carbocycles. The standard InChI is InChI=1S/C21H19Cl2NO3/c1-2-3-11-24-18(13-7-5-4-6-8-13)17(20(26)21(24)27)19(25)14-9-10-15(22)16(23)12-14/h4-10,12,18,25H,2-3,11H2,1H3/b19-17-. The lowest BCUT2D eigenvalue weighted by Crippen LogP contribution is -2.30. The van der Waals surface area contributed by atoms with E-state index in [1.807, 2.05) is 37.3 Å². The molecule has 1 saturated heterocycles. The summed E-state index contributed by atoms with van der Waals surface area (Å²) in [7, 11) is 0. The van der Waals surface area contributed by atoms with E-state index in [-0.39, 0.29) is 16.4 Å². The fraction of sp³-hybridized carbons (Fsp3) is 0.238. The normalized spacial score (nSPS) is 18.9. The van der Waals surface area contributed by atoms with Crippen LogP contribution in [0.5, 0.6) is 0 Å². The summed E-state index contributed by atoms with van der Waals surface area (Å²) < 4.78 is 0. The molecule has 2 aromatic rings. The van der Waals surface area contributed by atoms with Gasteiger partial charge in [0, 0.05) is 12.1 Å². The number of carbonyl (C=O) groups excluding carboxylic acids is 2. The van der Waals surface area contributed by atoms with Gasteiger partial charge in [-0.25, -0.2) is 0 Å². The van der Waals surface area contributed by atoms with Crippen LogP contribution in [-0.2, 0) is 9.59 Å². The number of hydrogen-bond donors (Lipinski definition) is 1. The van der Waals surface area contributed by atoms with Crippen molar-refractivity contribution < 1.29 is 14.7 Å². The van der Waals surface area contributed by atoms with Crippen molar-refractivity contribution in [3.8, 4) is 0 Å². The van der Waals surface area contributed by atoms with Crippen molar-refractivity contribution >= 4 is 40.7 Å². The predicted molar refractivity (Wildman–Crippen MR) is 107 cm³/mol. The third-order valence-corrected chi connectivity index (χ3v) is 5.34. The zero-order chi connectivity index (χ0) is 19.6. The Bertz CT molecular complexity index is 909. The minimum absolute atomic E-state index is 0.0701. The average Bonchev–Trinajstić information content (AvgIpc) is 2.93. The van der Waals surface area contributed by atoms with Gasteiger partial charge in [-0.05, 0) is 30.2 Å². The molecular weight excluding hydrogens is 385 g/mol. The first kappa shape index (κ1) is 19.5. The number of carbonyl (C=O) groups is 2. The van der Waals surface area contributed by atoms with Crippen LogP contribution in [0.1, 0.15) is 36.9 Å². The monoisotopic (exact) mass is 403 g/mol. The van der Waals surface area contributed by atoms with Gasteiger partial charge in [0.25, 0.3) is 11.7 Å². The van der Waals surface area contributed by atoms with Crippen LogP contribution in [0.3, 0.4) is 0 Å². The molecule has 0 spiro atoms. The highest BCUT2D eigenvalue weighted by Gasteiger charge is 2.45. The summed E-state index contributed by atoms with van der Waals surface area (Å²) in [5.74, 6) is -1.54. The zero-order valence-electron chi connectivity index (χ0n) is 14.8. The predicted octanol–water partition coefficient (Wildman–Crippen LogP) is 5.22. The summed E-state index contributed by atoms with van der Waals surface area (Å²) in [5.41, 5.74) is 1.19. The van der Waals surface area contributed by atoms with Crippen molar-refractivity contribution in [3.63, 3.8) is 0 Å². The first-order valence-electron chi connectivity index (χ1n) is 8.74. The molecule has 0 radical (unpaired) electrons. The van der Waals surface area contributed by atoms with Crippen LogP contribution in [0.4, 0.5) is 0 Å². The first-order chi connectivity index (χ1) is 13.0. The number of unbranched alkanes of at least 4 members (excludes halogenated alkanes) is 1. The van der Waals surface area contributed by atoms with E-state index in [9.17, 15) is 14.7 Å². The van der Waals surface area contributed by atoms with Crippen LogP contribution >= 0.6 is 23.2 Å². The van der Waals surface area contributed by atoms with Crippen LogP contribution in [0.15, 0.2) is 54.1 Å². The molecular formula is C21H19Cl2NO3. The highest BCUT2D eigenvalue weighted by molar-refractivity contribution is 6.46. The van der Waals surface area contributed by atoms with E-state index in [1.54, 1.807) is 12.1 Å². The first-order valence-corrected chi connectivity index (χ1v) is 9.50. The number of aliphatic hydroxyl groups excluding tert-OH is 1. The zero-order valence-corrected chi connectivity index (χ0v) is 16.3. The fourth-order valence-corrected chi connectivity index (χ4v) is 3.52. The summed E-state index contributed by atoms with van der Waals surface area (Å²) in [4.78, 5) is 26.9. The van der Waals surface area contributed by atoms with Gasteiger partial charge >= 0.3 is 0 Å². The van der Waals surface area contributed by atoms with Crippen LogP contribution in [0, 0.1) is 0 Å². The Morgan fingerprint density at radius 3 is 2.41 bits per heavy atom. The number of halogens is 2. The molecule has 1 unspecified atom stereocenters. The van der Waals surface area contributed by atoms with E-state index < -0.39 is 17.7 Å². The number of hydrogen-bond acceptors (Lipinski definition) is 3. The van der Waals surface area contributed by atoms with E-state index in [1.165, 1.54) is 11.0 Å². The molecule has 1 N–H and O–H groups in total. The molecule has 1 heterocycles. The Hall–Kier alpha value is -2.30. The van der Waals surface area contributed by atoms with Gasteiger partial charge in [0.15, 0.2) is 0 Å². The number of nitrogens with zero attached hydrogens (tertiary/aromatic N) is 1. The van der Waals surface area contributed by atoms with Gasteiger partial charge in [0.05, 0.1) is 21.7 Å². The summed E-state index contributed by atoms with van der Waals surface area (Å²) in [6.07, 6.45) is 1.65. The van der Waals surface area contributed by atoms with E-state index in [0.29, 0.717) is 17.1 Å². The molecule has 1 aliphatic heterocycles. The minimum Gasteiger partial charge on any atom is -0.507 e. The largest absolute Gasteiger partial charge is 0.507 e. The second-order valence-corrected chi connectivity index (χ2v) is 7.20. The Morgan fingerprint density at radius 1 is 1.07 bits per heavy atom. The second-order valence-electron chi connectivity index (χ2n) is 6.39. The summed E-state index contributed by atoms with van der Waals surface area (Å²) in [6.45, 7) is 2.46. The smallest absolute Gasteiger partial charge is 0.295 e. The van der Waals surface area contributed by atoms with E-state index in [4.69, 9.17) is 23.2 Å². The summed E-state index contributed by atoms with van der Waals surface area (Å²) >= 11 is 12.0. The van der Waals surface area contributed by atoms with Gasteiger partial charge in [0.1, 0.15) is 5.76 Å². The van der Waals surface area contributed by atoms with E-state index in [2.05, 4.69) is 0 Å². The number of likely N-dealkylation sites (tertiary alicyclic amines) is 1. The summed E-state index contributed by atoms with van der Waals surface area (Å²) in [5, 5.41) is 11.5. The van der Waals surface area contributed by atoms with E-state index >= 15 is 0 Å². The van der Waals surface area contributed by atoms with Gasteiger partial charge in [-0.1, -0.05) is 66.9 Å². The molecule has 0 aliphatic carbocycles. The lowest BCUT2D eigenvalue weighted by molar-refractivity contribution is -0.139. The molecule has 27 heavy (non-hydrogen) atoms. The van der Waals surface area contributed by atoms with Crippen molar-refractivity contribution in [3.05, 3.63) is 75.3 Å². The Balaban J connectivity index is 2.16. The number of aliphatic hydroxyl groups is 1. The average molecular weight is 404 g/mol. The maximum atomic E-state index is 12.8. The number of Topliss-reactive ketones (excluding diaryl/α,β-unsaturated/α-hetero) is 1. The van der Waals surface area contributed by atoms with Gasteiger partial charge in [-0.3, -0.25) is 9.59 Å². The summed E-state index contributed by atoms with van der Waals surface area (Å²) in [6, 6.07) is 13.2. The number of ketones is 1. The number of benzene rings is 2. The van der Waals surface area contributed by atoms with Crippen molar-refractivity contribution in [2.45, 2.75) is 25.8 Å². The Morgan fingerprint density at radius 2 is 1.78 bits per heavy atom. The lowest BCUT2D eigenvalue weighted by atomic mass is 9.95. The van der Waals surface area contributed by atoms with Crippen molar-refractivity contribution in [1.29, 1.82) is 0 Å². The van der Waals surface area contributed by atoms with E-state index in [0.717, 1.165) is 18.4 Å². The van der Waals surface area contributed by atoms with Crippen molar-refractivity contribution in [1.82, 2.24) is 4.90 Å². The maximum Gasteiger partial charge on any atom is 0.295 e. The molecule has 2 aromatic carbocycles. The Labute approximate surface area is 168 Å². The SMILES string of the molecule is CCCCN1C(=O)C(=O)/C(=C(\O)c2ccc(Cl)c(Cl)c2)C1c1ccccc1.